The number of thiazole rings is 1. The minimum Gasteiger partial charge on any atom is -0.462 e. The number of aromatic nitrogens is 1. The summed E-state index contributed by atoms with van der Waals surface area (Å²) in [5.41, 5.74) is 2.69. The molecule has 0 aliphatic heterocycles. The highest BCUT2D eigenvalue weighted by atomic mass is 35.5. The third kappa shape index (κ3) is 9.17. The first-order valence-electron chi connectivity index (χ1n) is 12.5. The second-order valence-electron chi connectivity index (χ2n) is 9.10. The Bertz CT molecular complexity index is 1170. The van der Waals surface area contributed by atoms with Crippen LogP contribution in [0, 0.1) is 6.92 Å². The van der Waals surface area contributed by atoms with Gasteiger partial charge in [0.1, 0.15) is 10.5 Å². The van der Waals surface area contributed by atoms with Crippen LogP contribution >= 0.6 is 22.9 Å². The zero-order chi connectivity index (χ0) is 27.6. The summed E-state index contributed by atoms with van der Waals surface area (Å²) in [6.45, 7) is 14.4. The molecule has 0 amide bonds. The average molecular weight is 545 g/mol. The molecule has 0 atom stereocenters. The number of benzene rings is 2. The van der Waals surface area contributed by atoms with Gasteiger partial charge < -0.3 is 14.4 Å². The minimum atomic E-state index is -0.558. The maximum atomic E-state index is 12.8. The Labute approximate surface area is 229 Å². The number of anilines is 1. The fourth-order valence-corrected chi connectivity index (χ4v) is 4.57. The molecule has 0 saturated carbocycles. The van der Waals surface area contributed by atoms with Crippen LogP contribution in [0.4, 0.5) is 5.13 Å². The molecular formula is C29H37ClN2O4S. The molecule has 0 radical (unpaired) electrons. The first-order valence-corrected chi connectivity index (χ1v) is 13.7. The molecule has 0 N–H and O–H groups in total. The second-order valence-corrected chi connectivity index (χ2v) is 10.5. The van der Waals surface area contributed by atoms with Gasteiger partial charge in [-0.15, -0.1) is 0 Å². The number of ether oxygens (including phenoxy) is 2. The van der Waals surface area contributed by atoms with Gasteiger partial charge >= 0.3 is 11.9 Å². The van der Waals surface area contributed by atoms with E-state index in [0.29, 0.717) is 33.8 Å². The SMILES string of the molecule is CC.CCOC(=O)c1sc(N(CCC(=O)OC(C)(C)C)Cc2ccccc2)nc1-c1ccc(C)c(Cl)c1. The first-order chi connectivity index (χ1) is 17.6. The molecule has 0 fully saturated rings. The van der Waals surface area contributed by atoms with E-state index in [1.807, 2.05) is 88.9 Å². The topological polar surface area (TPSA) is 68.7 Å². The zero-order valence-electron chi connectivity index (χ0n) is 22.8. The molecule has 37 heavy (non-hydrogen) atoms. The van der Waals surface area contributed by atoms with Gasteiger partial charge in [-0.3, -0.25) is 4.79 Å². The summed E-state index contributed by atoms with van der Waals surface area (Å²) in [5.74, 6) is -0.724. The summed E-state index contributed by atoms with van der Waals surface area (Å²) in [4.78, 5) is 32.5. The van der Waals surface area contributed by atoms with Crippen molar-refractivity contribution in [3.63, 3.8) is 0 Å². The number of carbonyl (C=O) groups is 2. The lowest BCUT2D eigenvalue weighted by Gasteiger charge is -2.24. The van der Waals surface area contributed by atoms with Crippen LogP contribution in [0.2, 0.25) is 5.02 Å². The number of aryl methyl sites for hydroxylation is 1. The lowest BCUT2D eigenvalue weighted by Crippen LogP contribution is -2.29. The molecule has 6 nitrogen and oxygen atoms in total. The fourth-order valence-electron chi connectivity index (χ4n) is 3.38. The van der Waals surface area contributed by atoms with Crippen molar-refractivity contribution in [3.8, 4) is 11.3 Å². The van der Waals surface area contributed by atoms with Gasteiger partial charge in [-0.2, -0.15) is 0 Å². The van der Waals surface area contributed by atoms with Crippen LogP contribution in [0.1, 0.15) is 68.8 Å². The van der Waals surface area contributed by atoms with E-state index in [2.05, 4.69) is 0 Å². The summed E-state index contributed by atoms with van der Waals surface area (Å²) < 4.78 is 10.8. The van der Waals surface area contributed by atoms with Crippen molar-refractivity contribution in [1.29, 1.82) is 0 Å². The van der Waals surface area contributed by atoms with Crippen LogP contribution in [0.25, 0.3) is 11.3 Å². The van der Waals surface area contributed by atoms with E-state index in [4.69, 9.17) is 26.1 Å². The van der Waals surface area contributed by atoms with Crippen LogP contribution in [-0.2, 0) is 20.8 Å². The fraction of sp³-hybridized carbons (Fsp3) is 0.414. The van der Waals surface area contributed by atoms with Crippen LogP contribution in [0.15, 0.2) is 48.5 Å². The van der Waals surface area contributed by atoms with Crippen LogP contribution in [0.3, 0.4) is 0 Å². The van der Waals surface area contributed by atoms with Crippen molar-refractivity contribution < 1.29 is 19.1 Å². The third-order valence-corrected chi connectivity index (χ3v) is 6.52. The van der Waals surface area contributed by atoms with Crippen LogP contribution in [0.5, 0.6) is 0 Å². The van der Waals surface area contributed by atoms with E-state index >= 15 is 0 Å². The Hall–Kier alpha value is -2.90. The number of halogens is 1. The minimum absolute atomic E-state index is 0.185. The molecule has 3 aromatic rings. The average Bonchev–Trinajstić information content (AvgIpc) is 3.30. The summed E-state index contributed by atoms with van der Waals surface area (Å²) in [5, 5.41) is 1.21. The molecule has 2 aromatic carbocycles. The van der Waals surface area contributed by atoms with Gasteiger partial charge in [0.15, 0.2) is 5.13 Å². The van der Waals surface area contributed by atoms with Gasteiger partial charge in [0.2, 0.25) is 0 Å². The number of rotatable bonds is 9. The predicted octanol–water partition coefficient (Wildman–Crippen LogP) is 7.71. The van der Waals surface area contributed by atoms with Crippen molar-refractivity contribution in [1.82, 2.24) is 4.98 Å². The standard InChI is InChI=1S/C27H31ClN2O4S.C2H6/c1-6-33-25(32)24-23(20-13-12-18(2)21(28)16-20)29-26(35-24)30(17-19-10-8-7-9-11-19)15-14-22(31)34-27(3,4)5;1-2/h7-13,16H,6,14-15,17H2,1-5H3;1-2H3. The summed E-state index contributed by atoms with van der Waals surface area (Å²) in [7, 11) is 0. The van der Waals surface area contributed by atoms with Crippen molar-refractivity contribution in [3.05, 3.63) is 69.6 Å². The third-order valence-electron chi connectivity index (χ3n) is 5.01. The normalized spacial score (nSPS) is 10.8. The summed E-state index contributed by atoms with van der Waals surface area (Å²) in [6.07, 6.45) is 0.185. The Kier molecular flexibility index (Phi) is 11.6. The van der Waals surface area contributed by atoms with E-state index in [9.17, 15) is 9.59 Å². The highest BCUT2D eigenvalue weighted by molar-refractivity contribution is 7.17. The Morgan fingerprint density at radius 2 is 1.76 bits per heavy atom. The predicted molar refractivity (Wildman–Crippen MR) is 153 cm³/mol. The highest BCUT2D eigenvalue weighted by Gasteiger charge is 2.25. The van der Waals surface area contributed by atoms with Gasteiger partial charge in [0, 0.05) is 23.7 Å². The maximum absolute atomic E-state index is 12.8. The maximum Gasteiger partial charge on any atom is 0.350 e. The lowest BCUT2D eigenvalue weighted by atomic mass is 10.1. The number of carbonyl (C=O) groups excluding carboxylic acids is 2. The number of hydrogen-bond acceptors (Lipinski definition) is 7. The van der Waals surface area contributed by atoms with Crippen molar-refractivity contribution in [2.24, 2.45) is 0 Å². The van der Waals surface area contributed by atoms with Gasteiger partial charge in [-0.25, -0.2) is 9.78 Å². The zero-order valence-corrected chi connectivity index (χ0v) is 24.3. The molecule has 1 heterocycles. The van der Waals surface area contributed by atoms with Crippen LogP contribution in [-0.4, -0.2) is 35.7 Å². The quantitative estimate of drug-likeness (QED) is 0.257. The molecule has 200 valence electrons. The molecule has 0 saturated heterocycles. The van der Waals surface area contributed by atoms with E-state index in [1.165, 1.54) is 11.3 Å². The smallest absolute Gasteiger partial charge is 0.350 e. The molecule has 8 heteroatoms. The molecule has 3 rings (SSSR count). The lowest BCUT2D eigenvalue weighted by molar-refractivity contribution is -0.154. The van der Waals surface area contributed by atoms with Crippen molar-refractivity contribution >= 4 is 40.0 Å². The second kappa shape index (κ2) is 14.1. The van der Waals surface area contributed by atoms with E-state index in [0.717, 1.165) is 16.7 Å². The molecule has 0 spiro atoms. The van der Waals surface area contributed by atoms with Crippen LogP contribution < -0.4 is 4.90 Å². The van der Waals surface area contributed by atoms with Gasteiger partial charge in [-0.05, 0) is 51.8 Å². The molecular weight excluding hydrogens is 508 g/mol. The van der Waals surface area contributed by atoms with Gasteiger partial charge in [-0.1, -0.05) is 79.2 Å². The molecule has 0 aliphatic carbocycles. The number of esters is 2. The van der Waals surface area contributed by atoms with Crippen molar-refractivity contribution in [2.75, 3.05) is 18.1 Å². The monoisotopic (exact) mass is 544 g/mol. The molecule has 1 aromatic heterocycles. The largest absolute Gasteiger partial charge is 0.462 e. The Morgan fingerprint density at radius 3 is 2.35 bits per heavy atom. The van der Waals surface area contributed by atoms with Gasteiger partial charge in [0.05, 0.1) is 18.7 Å². The summed E-state index contributed by atoms with van der Waals surface area (Å²) >= 11 is 7.62. The summed E-state index contributed by atoms with van der Waals surface area (Å²) in [6, 6.07) is 15.5. The molecule has 0 unspecified atom stereocenters. The molecule has 0 bridgehead atoms. The van der Waals surface area contributed by atoms with Gasteiger partial charge in [0.25, 0.3) is 0 Å². The van der Waals surface area contributed by atoms with Crippen molar-refractivity contribution in [2.45, 2.75) is 67.0 Å². The van der Waals surface area contributed by atoms with E-state index in [-0.39, 0.29) is 19.0 Å². The first kappa shape index (κ1) is 30.3. The highest BCUT2D eigenvalue weighted by Crippen LogP contribution is 2.36. The number of hydrogen-bond donors (Lipinski definition) is 0. The molecule has 0 aliphatic rings. The van der Waals surface area contributed by atoms with E-state index < -0.39 is 11.6 Å². The Balaban J connectivity index is 0.00000235. The number of nitrogens with zero attached hydrogens (tertiary/aromatic N) is 2. The van der Waals surface area contributed by atoms with E-state index in [1.54, 1.807) is 13.0 Å². The Morgan fingerprint density at radius 1 is 1.08 bits per heavy atom.